The van der Waals surface area contributed by atoms with Gasteiger partial charge in [-0.15, -0.1) is 0 Å². The number of carbonyl (C=O) groups excluding carboxylic acids is 3. The highest BCUT2D eigenvalue weighted by Crippen LogP contribution is 2.19. The van der Waals surface area contributed by atoms with E-state index in [-0.39, 0.29) is 26.1 Å². The van der Waals surface area contributed by atoms with E-state index in [2.05, 4.69) is 10.3 Å². The molecule has 2 unspecified atom stereocenters. The Kier molecular flexibility index (Phi) is 8.67. The number of aromatic nitrogens is 1. The van der Waals surface area contributed by atoms with E-state index in [0.717, 1.165) is 27.6 Å². The predicted octanol–water partition coefficient (Wildman–Crippen LogP) is 3.40. The van der Waals surface area contributed by atoms with Crippen LogP contribution in [0.4, 0.5) is 0 Å². The van der Waals surface area contributed by atoms with Crippen molar-refractivity contribution < 1.29 is 23.9 Å². The molecule has 0 aliphatic heterocycles. The first-order chi connectivity index (χ1) is 18.0. The Morgan fingerprint density at radius 1 is 0.811 bits per heavy atom. The third-order valence-electron chi connectivity index (χ3n) is 5.89. The maximum atomic E-state index is 12.9. The molecule has 1 amide bonds. The van der Waals surface area contributed by atoms with Gasteiger partial charge >= 0.3 is 11.9 Å². The second-order valence-corrected chi connectivity index (χ2v) is 8.68. The third kappa shape index (κ3) is 7.28. The number of ether oxygens (including phenoxy) is 2. The number of H-pyrrole nitrogens is 1. The molecule has 3 aromatic carbocycles. The third-order valence-corrected chi connectivity index (χ3v) is 5.89. The Hall–Kier alpha value is -4.43. The van der Waals surface area contributed by atoms with Gasteiger partial charge in [-0.05, 0) is 29.2 Å². The summed E-state index contributed by atoms with van der Waals surface area (Å²) in [5.74, 6) is -1.95. The number of hydrogen-bond donors (Lipinski definition) is 3. The van der Waals surface area contributed by atoms with Crippen molar-refractivity contribution in [2.24, 2.45) is 5.73 Å². The summed E-state index contributed by atoms with van der Waals surface area (Å²) >= 11 is 0. The van der Waals surface area contributed by atoms with Gasteiger partial charge in [0, 0.05) is 17.1 Å². The Balaban J connectivity index is 1.39. The second-order valence-electron chi connectivity index (χ2n) is 8.68. The molecular weight excluding hydrogens is 470 g/mol. The van der Waals surface area contributed by atoms with Gasteiger partial charge < -0.3 is 25.5 Å². The second kappa shape index (κ2) is 12.5. The van der Waals surface area contributed by atoms with Crippen LogP contribution in [0.5, 0.6) is 0 Å². The van der Waals surface area contributed by atoms with Crippen molar-refractivity contribution in [3.05, 3.63) is 108 Å². The average molecular weight is 500 g/mol. The molecule has 8 nitrogen and oxygen atoms in total. The summed E-state index contributed by atoms with van der Waals surface area (Å²) in [5.41, 5.74) is 9.59. The van der Waals surface area contributed by atoms with Crippen molar-refractivity contribution in [2.45, 2.75) is 38.1 Å². The fourth-order valence-electron chi connectivity index (χ4n) is 3.90. The van der Waals surface area contributed by atoms with Crippen LogP contribution in [0.3, 0.4) is 0 Å². The van der Waals surface area contributed by atoms with E-state index in [1.165, 1.54) is 0 Å². The van der Waals surface area contributed by atoms with E-state index >= 15 is 0 Å². The minimum atomic E-state index is -1.24. The van der Waals surface area contributed by atoms with Gasteiger partial charge in [0.15, 0.2) is 0 Å². The fraction of sp³-hybridized carbons (Fsp3) is 0.207. The van der Waals surface area contributed by atoms with Crippen molar-refractivity contribution in [1.29, 1.82) is 0 Å². The number of amides is 1. The molecule has 190 valence electrons. The molecule has 0 aliphatic rings. The van der Waals surface area contributed by atoms with Crippen LogP contribution in [0.15, 0.2) is 91.1 Å². The Labute approximate surface area is 214 Å². The number of benzene rings is 3. The summed E-state index contributed by atoms with van der Waals surface area (Å²) in [5, 5.41) is 3.56. The number of fused-ring (bicyclic) bond motifs is 1. The highest BCUT2D eigenvalue weighted by Gasteiger charge is 2.28. The van der Waals surface area contributed by atoms with E-state index in [0.29, 0.717) is 0 Å². The normalized spacial score (nSPS) is 12.5. The van der Waals surface area contributed by atoms with Crippen molar-refractivity contribution in [2.75, 3.05) is 0 Å². The van der Waals surface area contributed by atoms with Crippen LogP contribution in [0.1, 0.15) is 23.1 Å². The van der Waals surface area contributed by atoms with Crippen molar-refractivity contribution in [1.82, 2.24) is 10.3 Å². The predicted molar refractivity (Wildman–Crippen MR) is 139 cm³/mol. The fourth-order valence-corrected chi connectivity index (χ4v) is 3.90. The van der Waals surface area contributed by atoms with Crippen LogP contribution in [-0.4, -0.2) is 34.9 Å². The Morgan fingerprint density at radius 2 is 1.41 bits per heavy atom. The van der Waals surface area contributed by atoms with Crippen LogP contribution in [-0.2, 0) is 43.5 Å². The molecule has 4 rings (SSSR count). The number of nitrogens with one attached hydrogen (secondary N) is 2. The van der Waals surface area contributed by atoms with Crippen LogP contribution in [0, 0.1) is 0 Å². The molecule has 1 aromatic heterocycles. The first-order valence-electron chi connectivity index (χ1n) is 12.0. The number of hydrogen-bond acceptors (Lipinski definition) is 6. The summed E-state index contributed by atoms with van der Waals surface area (Å²) < 4.78 is 10.7. The van der Waals surface area contributed by atoms with Crippen LogP contribution in [0.25, 0.3) is 10.9 Å². The minimum absolute atomic E-state index is 0.00645. The van der Waals surface area contributed by atoms with Crippen LogP contribution >= 0.6 is 0 Å². The maximum Gasteiger partial charge on any atom is 0.329 e. The van der Waals surface area contributed by atoms with Gasteiger partial charge in [-0.2, -0.15) is 0 Å². The van der Waals surface area contributed by atoms with Crippen molar-refractivity contribution in [3.8, 4) is 0 Å². The monoisotopic (exact) mass is 499 g/mol. The molecule has 0 radical (unpaired) electrons. The van der Waals surface area contributed by atoms with Gasteiger partial charge in [-0.1, -0.05) is 78.9 Å². The van der Waals surface area contributed by atoms with Gasteiger partial charge in [0.2, 0.25) is 5.91 Å². The quantitative estimate of drug-likeness (QED) is 0.272. The SMILES string of the molecule is NC(Cc1c[nH]c2ccccc12)C(=O)NC(CC(=O)OCc1ccccc1)C(=O)OCc1ccccc1. The number of rotatable bonds is 11. The molecule has 37 heavy (non-hydrogen) atoms. The smallest absolute Gasteiger partial charge is 0.329 e. The maximum absolute atomic E-state index is 12.9. The molecule has 2 atom stereocenters. The lowest BCUT2D eigenvalue weighted by atomic mass is 10.0. The summed E-state index contributed by atoms with van der Waals surface area (Å²) in [6.07, 6.45) is 1.68. The number of para-hydroxylation sites is 1. The molecule has 8 heteroatoms. The summed E-state index contributed by atoms with van der Waals surface area (Å²) in [6.45, 7) is 0.0615. The van der Waals surface area contributed by atoms with Gasteiger partial charge in [0.05, 0.1) is 12.5 Å². The standard InChI is InChI=1S/C29H29N3O5/c30-24(15-22-17-31-25-14-8-7-13-23(22)25)28(34)32-26(29(35)37-19-21-11-5-2-6-12-21)16-27(33)36-18-20-9-3-1-4-10-20/h1-14,17,24,26,31H,15-16,18-19,30H2,(H,32,34). The number of nitrogens with two attached hydrogens (primary N) is 1. The zero-order chi connectivity index (χ0) is 26.0. The lowest BCUT2D eigenvalue weighted by molar-refractivity contribution is -0.155. The molecule has 0 bridgehead atoms. The molecule has 0 fully saturated rings. The number of esters is 2. The number of carbonyl (C=O) groups is 3. The van der Waals surface area contributed by atoms with Crippen LogP contribution < -0.4 is 11.1 Å². The first-order valence-corrected chi connectivity index (χ1v) is 12.0. The molecule has 0 aliphatic carbocycles. The molecule has 4 N–H and O–H groups in total. The number of aromatic amines is 1. The zero-order valence-corrected chi connectivity index (χ0v) is 20.3. The van der Waals surface area contributed by atoms with E-state index in [1.807, 2.05) is 91.1 Å². The topological polar surface area (TPSA) is 124 Å². The summed E-state index contributed by atoms with van der Waals surface area (Å²) in [4.78, 5) is 41.5. The molecule has 0 saturated heterocycles. The van der Waals surface area contributed by atoms with Crippen LogP contribution in [0.2, 0.25) is 0 Å². The van der Waals surface area contributed by atoms with Crippen molar-refractivity contribution >= 4 is 28.7 Å². The highest BCUT2D eigenvalue weighted by atomic mass is 16.5. The molecule has 4 aromatic rings. The van der Waals surface area contributed by atoms with Gasteiger partial charge in [-0.3, -0.25) is 9.59 Å². The first kappa shape index (κ1) is 25.7. The van der Waals surface area contributed by atoms with E-state index < -0.39 is 29.9 Å². The molecule has 0 saturated carbocycles. The lowest BCUT2D eigenvalue weighted by Crippen LogP contribution is -2.50. The summed E-state index contributed by atoms with van der Waals surface area (Å²) in [6, 6.07) is 23.8. The average Bonchev–Trinajstić information content (AvgIpc) is 3.34. The van der Waals surface area contributed by atoms with Crippen molar-refractivity contribution in [3.63, 3.8) is 0 Å². The lowest BCUT2D eigenvalue weighted by Gasteiger charge is -2.20. The minimum Gasteiger partial charge on any atom is -0.461 e. The largest absolute Gasteiger partial charge is 0.461 e. The van der Waals surface area contributed by atoms with E-state index in [9.17, 15) is 14.4 Å². The van der Waals surface area contributed by atoms with E-state index in [1.54, 1.807) is 0 Å². The summed E-state index contributed by atoms with van der Waals surface area (Å²) in [7, 11) is 0. The molecular formula is C29H29N3O5. The Bertz CT molecular complexity index is 1340. The van der Waals surface area contributed by atoms with Gasteiger partial charge in [0.25, 0.3) is 0 Å². The zero-order valence-electron chi connectivity index (χ0n) is 20.3. The molecule has 1 heterocycles. The Morgan fingerprint density at radius 3 is 2.08 bits per heavy atom. The highest BCUT2D eigenvalue weighted by molar-refractivity contribution is 5.91. The van der Waals surface area contributed by atoms with Gasteiger partial charge in [0.1, 0.15) is 19.3 Å². The molecule has 0 spiro atoms. The van der Waals surface area contributed by atoms with Gasteiger partial charge in [-0.25, -0.2) is 4.79 Å². The van der Waals surface area contributed by atoms with E-state index in [4.69, 9.17) is 15.2 Å².